The fraction of sp³-hybridized carbons (Fsp3) is 0.647. The van der Waals surface area contributed by atoms with Crippen LogP contribution in [0.2, 0.25) is 0 Å². The highest BCUT2D eigenvalue weighted by molar-refractivity contribution is 5.85. The quantitative estimate of drug-likeness (QED) is 0.809. The molecule has 0 aromatic heterocycles. The molecular formula is C17H28ClNO2. The molecular weight excluding hydrogens is 286 g/mol. The lowest BCUT2D eigenvalue weighted by molar-refractivity contribution is 0.104. The van der Waals surface area contributed by atoms with E-state index in [1.807, 2.05) is 12.1 Å². The number of hydrogen-bond donors (Lipinski definition) is 2. The van der Waals surface area contributed by atoms with Crippen LogP contribution in [-0.4, -0.2) is 30.4 Å². The molecule has 1 aromatic carbocycles. The summed E-state index contributed by atoms with van der Waals surface area (Å²) in [4.78, 5) is 0. The second-order valence-corrected chi connectivity index (χ2v) is 6.05. The third-order valence-electron chi connectivity index (χ3n) is 3.91. The molecule has 4 heteroatoms. The van der Waals surface area contributed by atoms with E-state index in [0.717, 1.165) is 5.75 Å². The topological polar surface area (TPSA) is 41.5 Å². The average Bonchev–Trinajstić information content (AvgIpc) is 2.97. The van der Waals surface area contributed by atoms with Crippen molar-refractivity contribution in [1.29, 1.82) is 0 Å². The van der Waals surface area contributed by atoms with Crippen LogP contribution in [0.4, 0.5) is 0 Å². The molecule has 0 radical (unpaired) electrons. The van der Waals surface area contributed by atoms with E-state index in [9.17, 15) is 5.11 Å². The minimum absolute atomic E-state index is 0. The minimum Gasteiger partial charge on any atom is -0.491 e. The lowest BCUT2D eigenvalue weighted by Gasteiger charge is -2.19. The van der Waals surface area contributed by atoms with E-state index in [2.05, 4.69) is 31.3 Å². The molecule has 2 rings (SSSR count). The first-order chi connectivity index (χ1) is 9.66. The second kappa shape index (κ2) is 9.29. The van der Waals surface area contributed by atoms with E-state index in [0.29, 0.717) is 25.1 Å². The number of rotatable bonds is 7. The van der Waals surface area contributed by atoms with E-state index in [1.54, 1.807) is 0 Å². The van der Waals surface area contributed by atoms with Crippen LogP contribution in [0.15, 0.2) is 24.3 Å². The summed E-state index contributed by atoms with van der Waals surface area (Å²) in [7, 11) is 0. The molecule has 21 heavy (non-hydrogen) atoms. The van der Waals surface area contributed by atoms with E-state index < -0.39 is 6.10 Å². The van der Waals surface area contributed by atoms with E-state index in [4.69, 9.17) is 4.74 Å². The van der Waals surface area contributed by atoms with Crippen molar-refractivity contribution in [3.63, 3.8) is 0 Å². The Bertz CT molecular complexity index is 406. The molecule has 1 aliphatic rings. The Kier molecular flexibility index (Phi) is 8.09. The highest BCUT2D eigenvalue weighted by atomic mass is 35.5. The zero-order valence-corrected chi connectivity index (χ0v) is 13.9. The van der Waals surface area contributed by atoms with Crippen molar-refractivity contribution in [2.45, 2.75) is 57.6 Å². The van der Waals surface area contributed by atoms with Gasteiger partial charge >= 0.3 is 0 Å². The Morgan fingerprint density at radius 1 is 1.24 bits per heavy atom. The molecule has 0 bridgehead atoms. The molecule has 1 atom stereocenters. The lowest BCUT2D eigenvalue weighted by Crippen LogP contribution is -2.35. The number of halogens is 1. The van der Waals surface area contributed by atoms with E-state index in [1.165, 1.54) is 31.2 Å². The van der Waals surface area contributed by atoms with Crippen LogP contribution in [0, 0.1) is 0 Å². The Hall–Kier alpha value is -0.770. The highest BCUT2D eigenvalue weighted by Crippen LogP contribution is 2.38. The molecule has 2 N–H and O–H groups in total. The van der Waals surface area contributed by atoms with Gasteiger partial charge in [-0.2, -0.15) is 0 Å². The lowest BCUT2D eigenvalue weighted by atomic mass is 9.97. The van der Waals surface area contributed by atoms with Crippen molar-refractivity contribution in [3.05, 3.63) is 29.8 Å². The molecule has 1 unspecified atom stereocenters. The van der Waals surface area contributed by atoms with Crippen molar-refractivity contribution in [3.8, 4) is 5.75 Å². The van der Waals surface area contributed by atoms with Crippen LogP contribution in [-0.2, 0) is 0 Å². The second-order valence-electron chi connectivity index (χ2n) is 6.05. The molecule has 1 saturated carbocycles. The normalized spacial score (nSPS) is 16.8. The van der Waals surface area contributed by atoms with Gasteiger partial charge in [0.15, 0.2) is 0 Å². The third kappa shape index (κ3) is 5.85. The Labute approximate surface area is 134 Å². The summed E-state index contributed by atoms with van der Waals surface area (Å²) in [5.74, 6) is 1.58. The van der Waals surface area contributed by atoms with Crippen molar-refractivity contribution < 1.29 is 9.84 Å². The van der Waals surface area contributed by atoms with Crippen molar-refractivity contribution in [2.75, 3.05) is 13.2 Å². The zero-order valence-electron chi connectivity index (χ0n) is 13.0. The number of aliphatic hydroxyl groups is 1. The molecule has 0 aliphatic heterocycles. The first-order valence-electron chi connectivity index (χ1n) is 7.80. The van der Waals surface area contributed by atoms with Gasteiger partial charge in [-0.05, 0) is 30.4 Å². The maximum Gasteiger partial charge on any atom is 0.122 e. The van der Waals surface area contributed by atoms with Gasteiger partial charge in [0.05, 0.1) is 0 Å². The monoisotopic (exact) mass is 313 g/mol. The summed E-state index contributed by atoms with van der Waals surface area (Å²) in [5.41, 5.74) is 1.31. The van der Waals surface area contributed by atoms with Gasteiger partial charge in [0.1, 0.15) is 18.5 Å². The maximum atomic E-state index is 9.93. The van der Waals surface area contributed by atoms with Gasteiger partial charge in [-0.25, -0.2) is 0 Å². The van der Waals surface area contributed by atoms with Crippen molar-refractivity contribution in [2.24, 2.45) is 0 Å². The fourth-order valence-electron chi connectivity index (χ4n) is 2.80. The van der Waals surface area contributed by atoms with Gasteiger partial charge in [0, 0.05) is 12.6 Å². The van der Waals surface area contributed by atoms with Gasteiger partial charge in [0.2, 0.25) is 0 Å². The maximum absolute atomic E-state index is 9.93. The van der Waals surface area contributed by atoms with Gasteiger partial charge in [-0.1, -0.05) is 44.9 Å². The summed E-state index contributed by atoms with van der Waals surface area (Å²) < 4.78 is 5.85. The Morgan fingerprint density at radius 2 is 1.90 bits per heavy atom. The average molecular weight is 314 g/mol. The van der Waals surface area contributed by atoms with Crippen LogP contribution in [0.25, 0.3) is 0 Å². The molecule has 120 valence electrons. The SMILES string of the molecule is CC(C)NCC(O)COc1ccccc1C1CCCC1.Cl. The minimum atomic E-state index is -0.464. The smallest absolute Gasteiger partial charge is 0.122 e. The highest BCUT2D eigenvalue weighted by Gasteiger charge is 2.20. The molecule has 0 saturated heterocycles. The van der Waals surface area contributed by atoms with Gasteiger partial charge in [0.25, 0.3) is 0 Å². The van der Waals surface area contributed by atoms with Gasteiger partial charge in [-0.3, -0.25) is 0 Å². The summed E-state index contributed by atoms with van der Waals surface area (Å²) >= 11 is 0. The summed E-state index contributed by atoms with van der Waals surface area (Å²) in [6.07, 6.45) is 4.70. The van der Waals surface area contributed by atoms with Crippen molar-refractivity contribution in [1.82, 2.24) is 5.32 Å². The van der Waals surface area contributed by atoms with Crippen LogP contribution < -0.4 is 10.1 Å². The van der Waals surface area contributed by atoms with Gasteiger partial charge in [-0.15, -0.1) is 12.4 Å². The third-order valence-corrected chi connectivity index (χ3v) is 3.91. The van der Waals surface area contributed by atoms with Crippen LogP contribution in [0.3, 0.4) is 0 Å². The largest absolute Gasteiger partial charge is 0.491 e. The van der Waals surface area contributed by atoms with Crippen molar-refractivity contribution >= 4 is 12.4 Å². The fourth-order valence-corrected chi connectivity index (χ4v) is 2.80. The molecule has 1 aliphatic carbocycles. The van der Waals surface area contributed by atoms with E-state index in [-0.39, 0.29) is 12.4 Å². The zero-order chi connectivity index (χ0) is 14.4. The van der Waals surface area contributed by atoms with Gasteiger partial charge < -0.3 is 15.2 Å². The molecule has 3 nitrogen and oxygen atoms in total. The first-order valence-corrected chi connectivity index (χ1v) is 7.80. The molecule has 0 spiro atoms. The number of ether oxygens (including phenoxy) is 1. The van der Waals surface area contributed by atoms with E-state index >= 15 is 0 Å². The van der Waals surface area contributed by atoms with Crippen LogP contribution in [0.1, 0.15) is 51.0 Å². The summed E-state index contributed by atoms with van der Waals surface area (Å²) in [5, 5.41) is 13.1. The predicted octanol–water partition coefficient (Wildman–Crippen LogP) is 3.50. The summed E-state index contributed by atoms with van der Waals surface area (Å²) in [6.45, 7) is 5.07. The molecule has 0 amide bonds. The predicted molar refractivity (Wildman–Crippen MR) is 89.5 cm³/mol. The van der Waals surface area contributed by atoms with Crippen LogP contribution >= 0.6 is 12.4 Å². The Balaban J connectivity index is 0.00000220. The number of benzene rings is 1. The Morgan fingerprint density at radius 3 is 2.57 bits per heavy atom. The number of aliphatic hydroxyl groups excluding tert-OH is 1. The molecule has 1 aromatic rings. The standard InChI is InChI=1S/C17H27NO2.ClH/c1-13(2)18-11-15(19)12-20-17-10-6-5-9-16(17)14-7-3-4-8-14;/h5-6,9-10,13-15,18-19H,3-4,7-8,11-12H2,1-2H3;1H. The first kappa shape index (κ1) is 18.3. The molecule has 1 fully saturated rings. The number of hydrogen-bond acceptors (Lipinski definition) is 3. The number of para-hydroxylation sites is 1. The number of nitrogens with one attached hydrogen (secondary N) is 1. The molecule has 0 heterocycles. The summed E-state index contributed by atoms with van der Waals surface area (Å²) in [6, 6.07) is 8.67. The van der Waals surface area contributed by atoms with Crippen LogP contribution in [0.5, 0.6) is 5.75 Å².